The molecule has 1 fully saturated rings. The Morgan fingerprint density at radius 1 is 1.00 bits per heavy atom. The zero-order valence-corrected chi connectivity index (χ0v) is 18.8. The van der Waals surface area contributed by atoms with Crippen LogP contribution in [0.15, 0.2) is 70.9 Å². The zero-order chi connectivity index (χ0) is 22.6. The molecule has 0 atom stereocenters. The molecule has 3 aromatic rings. The van der Waals surface area contributed by atoms with E-state index in [1.54, 1.807) is 17.5 Å². The Morgan fingerprint density at radius 3 is 2.50 bits per heavy atom. The quantitative estimate of drug-likeness (QED) is 0.527. The summed E-state index contributed by atoms with van der Waals surface area (Å²) >= 11 is 1.25. The molecule has 1 amide bonds. The maximum atomic E-state index is 12.7. The number of thiophene rings is 1. The van der Waals surface area contributed by atoms with E-state index in [2.05, 4.69) is 5.32 Å². The molecule has 0 saturated carbocycles. The molecule has 0 radical (unpaired) electrons. The van der Waals surface area contributed by atoms with Crippen LogP contribution in [0.1, 0.15) is 22.5 Å². The van der Waals surface area contributed by atoms with Gasteiger partial charge < -0.3 is 10.1 Å². The topological polar surface area (TPSA) is 92.8 Å². The second kappa shape index (κ2) is 9.64. The molecule has 9 heteroatoms. The second-order valence-electron chi connectivity index (χ2n) is 7.29. The normalized spacial score (nSPS) is 14.2. The number of amides is 1. The number of esters is 1. The van der Waals surface area contributed by atoms with Gasteiger partial charge in [0.05, 0.1) is 4.90 Å². The summed E-state index contributed by atoms with van der Waals surface area (Å²) in [7, 11) is -3.59. The third kappa shape index (κ3) is 4.90. The Bertz CT molecular complexity index is 1220. The van der Waals surface area contributed by atoms with Crippen LogP contribution in [-0.2, 0) is 19.6 Å². The minimum absolute atomic E-state index is 0.125. The Kier molecular flexibility index (Phi) is 6.69. The van der Waals surface area contributed by atoms with Crippen LogP contribution in [0.25, 0.3) is 11.1 Å². The minimum atomic E-state index is -3.59. The fourth-order valence-corrected chi connectivity index (χ4v) is 5.89. The summed E-state index contributed by atoms with van der Waals surface area (Å²) in [4.78, 5) is 25.4. The third-order valence-electron chi connectivity index (χ3n) is 5.09. The van der Waals surface area contributed by atoms with E-state index < -0.39 is 28.5 Å². The molecule has 166 valence electrons. The molecule has 0 spiro atoms. The molecule has 0 bridgehead atoms. The van der Waals surface area contributed by atoms with Crippen molar-refractivity contribution in [2.75, 3.05) is 25.0 Å². The third-order valence-corrected chi connectivity index (χ3v) is 7.88. The van der Waals surface area contributed by atoms with E-state index in [0.29, 0.717) is 23.7 Å². The Labute approximate surface area is 190 Å². The van der Waals surface area contributed by atoms with Crippen molar-refractivity contribution in [1.29, 1.82) is 0 Å². The minimum Gasteiger partial charge on any atom is -0.451 e. The first-order chi connectivity index (χ1) is 15.4. The lowest BCUT2D eigenvalue weighted by Crippen LogP contribution is -2.28. The average Bonchev–Trinajstić information content (AvgIpc) is 3.51. The van der Waals surface area contributed by atoms with Gasteiger partial charge in [-0.05, 0) is 48.1 Å². The molecule has 7 nitrogen and oxygen atoms in total. The van der Waals surface area contributed by atoms with Crippen molar-refractivity contribution in [2.45, 2.75) is 17.7 Å². The van der Waals surface area contributed by atoms with E-state index in [1.807, 2.05) is 36.4 Å². The highest BCUT2D eigenvalue weighted by atomic mass is 32.2. The van der Waals surface area contributed by atoms with E-state index in [1.165, 1.54) is 27.8 Å². The highest BCUT2D eigenvalue weighted by molar-refractivity contribution is 7.89. The van der Waals surface area contributed by atoms with Crippen LogP contribution in [0.3, 0.4) is 0 Å². The lowest BCUT2D eigenvalue weighted by molar-refractivity contribution is -0.119. The largest absolute Gasteiger partial charge is 0.451 e. The van der Waals surface area contributed by atoms with Gasteiger partial charge in [-0.25, -0.2) is 13.2 Å². The molecule has 1 aliphatic rings. The number of benzene rings is 2. The number of carbonyl (C=O) groups is 2. The summed E-state index contributed by atoms with van der Waals surface area (Å²) in [6, 6.07) is 17.4. The summed E-state index contributed by atoms with van der Waals surface area (Å²) in [6.07, 6.45) is 1.69. The van der Waals surface area contributed by atoms with Gasteiger partial charge in [0.2, 0.25) is 10.0 Å². The molecule has 1 N–H and O–H groups in total. The molecule has 1 aliphatic heterocycles. The van der Waals surface area contributed by atoms with Crippen LogP contribution in [-0.4, -0.2) is 44.3 Å². The van der Waals surface area contributed by atoms with E-state index in [0.717, 1.165) is 24.0 Å². The van der Waals surface area contributed by atoms with Gasteiger partial charge in [0.15, 0.2) is 6.61 Å². The molecular weight excluding hydrogens is 448 g/mol. The smallest absolute Gasteiger partial charge is 0.349 e. The van der Waals surface area contributed by atoms with E-state index in [4.69, 9.17) is 4.74 Å². The van der Waals surface area contributed by atoms with Crippen LogP contribution < -0.4 is 5.32 Å². The van der Waals surface area contributed by atoms with Crippen molar-refractivity contribution in [1.82, 2.24) is 4.31 Å². The zero-order valence-electron chi connectivity index (χ0n) is 17.2. The summed E-state index contributed by atoms with van der Waals surface area (Å²) in [5.41, 5.74) is 1.97. The molecule has 4 rings (SSSR count). The number of nitrogens with zero attached hydrogens (tertiary/aromatic N) is 1. The predicted octanol–water partition coefficient (Wildman–Crippen LogP) is 4.00. The van der Waals surface area contributed by atoms with Gasteiger partial charge >= 0.3 is 5.97 Å². The van der Waals surface area contributed by atoms with Crippen LogP contribution >= 0.6 is 11.3 Å². The number of sulfonamides is 1. The van der Waals surface area contributed by atoms with Gasteiger partial charge in [-0.15, -0.1) is 11.3 Å². The highest BCUT2D eigenvalue weighted by Gasteiger charge is 2.27. The highest BCUT2D eigenvalue weighted by Crippen LogP contribution is 2.29. The van der Waals surface area contributed by atoms with Gasteiger partial charge in [0.25, 0.3) is 5.91 Å². The fourth-order valence-electron chi connectivity index (χ4n) is 3.52. The predicted molar refractivity (Wildman–Crippen MR) is 123 cm³/mol. The van der Waals surface area contributed by atoms with Crippen molar-refractivity contribution < 1.29 is 22.7 Å². The van der Waals surface area contributed by atoms with Crippen molar-refractivity contribution >= 4 is 38.9 Å². The average molecular weight is 471 g/mol. The first-order valence-electron chi connectivity index (χ1n) is 10.2. The van der Waals surface area contributed by atoms with Crippen molar-refractivity contribution in [2.24, 2.45) is 0 Å². The maximum absolute atomic E-state index is 12.7. The van der Waals surface area contributed by atoms with Gasteiger partial charge in [0.1, 0.15) is 4.88 Å². The second-order valence-corrected chi connectivity index (χ2v) is 10.1. The van der Waals surface area contributed by atoms with Gasteiger partial charge in [0, 0.05) is 24.3 Å². The first kappa shape index (κ1) is 22.2. The van der Waals surface area contributed by atoms with Crippen LogP contribution in [0.2, 0.25) is 0 Å². The number of nitrogens with one attached hydrogen (secondary N) is 1. The van der Waals surface area contributed by atoms with Crippen LogP contribution in [0.5, 0.6) is 0 Å². The van der Waals surface area contributed by atoms with Crippen LogP contribution in [0, 0.1) is 0 Å². The molecule has 1 aromatic heterocycles. The maximum Gasteiger partial charge on any atom is 0.349 e. The van der Waals surface area contributed by atoms with Crippen LogP contribution in [0.4, 0.5) is 5.69 Å². The monoisotopic (exact) mass is 470 g/mol. The summed E-state index contributed by atoms with van der Waals surface area (Å²) < 4.78 is 32.1. The lowest BCUT2D eigenvalue weighted by Gasteiger charge is -2.16. The summed E-state index contributed by atoms with van der Waals surface area (Å²) in [5, 5.41) is 4.39. The number of hydrogen-bond acceptors (Lipinski definition) is 6. The summed E-state index contributed by atoms with van der Waals surface area (Å²) in [6.45, 7) is 0.527. The molecule has 0 unspecified atom stereocenters. The van der Waals surface area contributed by atoms with Crippen molar-refractivity contribution in [3.63, 3.8) is 0 Å². The van der Waals surface area contributed by atoms with E-state index >= 15 is 0 Å². The molecule has 2 aromatic carbocycles. The number of anilines is 1. The van der Waals surface area contributed by atoms with Crippen molar-refractivity contribution in [3.05, 3.63) is 70.9 Å². The Balaban J connectivity index is 1.38. The SMILES string of the molecule is O=C(COC(=O)c1sccc1-c1ccccc1)Nc1cccc(S(=O)(=O)N2CCCC2)c1. The van der Waals surface area contributed by atoms with Gasteiger partial charge in [-0.2, -0.15) is 4.31 Å². The summed E-state index contributed by atoms with van der Waals surface area (Å²) in [5.74, 6) is -1.13. The fraction of sp³-hybridized carbons (Fsp3) is 0.217. The van der Waals surface area contributed by atoms with E-state index in [-0.39, 0.29) is 4.90 Å². The standard InChI is InChI=1S/C23H22N2O5S2/c26-21(16-30-23(27)22-20(11-14-31-22)17-7-2-1-3-8-17)24-18-9-6-10-19(15-18)32(28,29)25-12-4-5-13-25/h1-3,6-11,14-15H,4-5,12-13,16H2,(H,24,26). The van der Waals surface area contributed by atoms with Crippen molar-refractivity contribution in [3.8, 4) is 11.1 Å². The molecule has 1 saturated heterocycles. The molecule has 0 aliphatic carbocycles. The van der Waals surface area contributed by atoms with Gasteiger partial charge in [-0.3, -0.25) is 4.79 Å². The van der Waals surface area contributed by atoms with E-state index in [9.17, 15) is 18.0 Å². The number of rotatable bonds is 7. The Morgan fingerprint density at radius 2 is 1.75 bits per heavy atom. The lowest BCUT2D eigenvalue weighted by atomic mass is 10.1. The number of ether oxygens (including phenoxy) is 1. The Hall–Kier alpha value is -3.01. The number of carbonyl (C=O) groups excluding carboxylic acids is 2. The number of hydrogen-bond donors (Lipinski definition) is 1. The molecule has 2 heterocycles. The first-order valence-corrected chi connectivity index (χ1v) is 12.5. The molecule has 32 heavy (non-hydrogen) atoms. The van der Waals surface area contributed by atoms with Gasteiger partial charge in [-0.1, -0.05) is 36.4 Å². The molecular formula is C23H22N2O5S2.